The Labute approximate surface area is 178 Å². The highest BCUT2D eigenvalue weighted by Crippen LogP contribution is 2.20. The van der Waals surface area contributed by atoms with Crippen LogP contribution in [0.3, 0.4) is 0 Å². The predicted molar refractivity (Wildman–Crippen MR) is 115 cm³/mol. The van der Waals surface area contributed by atoms with Crippen LogP contribution in [0.4, 0.5) is 11.4 Å². The number of nitro groups is 1. The Morgan fingerprint density at radius 3 is 2.37 bits per heavy atom. The number of hydrogen-bond donors (Lipinski definition) is 1. The fraction of sp³-hybridized carbons (Fsp3) is 0.238. The zero-order valence-corrected chi connectivity index (χ0v) is 16.9. The Balaban J connectivity index is 1.45. The average molecular weight is 429 g/mol. The van der Waals surface area contributed by atoms with Crippen molar-refractivity contribution in [3.8, 4) is 0 Å². The van der Waals surface area contributed by atoms with Gasteiger partial charge in [-0.15, -0.1) is 0 Å². The molecule has 2 aromatic rings. The fourth-order valence-electron chi connectivity index (χ4n) is 3.06. The molecule has 9 heteroatoms. The number of rotatable bonds is 6. The van der Waals surface area contributed by atoms with Crippen molar-refractivity contribution in [2.24, 2.45) is 0 Å². The number of para-hydroxylation sites is 1. The van der Waals surface area contributed by atoms with Crippen LogP contribution >= 0.6 is 11.6 Å². The molecule has 0 spiro atoms. The normalized spacial score (nSPS) is 14.6. The number of non-ortho nitro benzene ring substituents is 1. The first-order valence-corrected chi connectivity index (χ1v) is 9.78. The number of piperazine rings is 1. The maximum Gasteiger partial charge on any atom is 0.269 e. The van der Waals surface area contributed by atoms with E-state index in [1.807, 2.05) is 4.90 Å². The van der Waals surface area contributed by atoms with Gasteiger partial charge in [0.1, 0.15) is 0 Å². The third-order valence-electron chi connectivity index (χ3n) is 4.72. The van der Waals surface area contributed by atoms with Crippen LogP contribution in [0.15, 0.2) is 54.6 Å². The Hall–Kier alpha value is -3.23. The smallest absolute Gasteiger partial charge is 0.269 e. The molecule has 0 unspecified atom stereocenters. The predicted octanol–water partition coefficient (Wildman–Crippen LogP) is 3.04. The van der Waals surface area contributed by atoms with Gasteiger partial charge in [-0.05, 0) is 35.9 Å². The SMILES string of the molecule is O=C(CN1CCN(C(=O)/C=C/c2ccc([N+](=O)[O-])cc2)CC1)Nc1ccccc1Cl. The lowest BCUT2D eigenvalue weighted by molar-refractivity contribution is -0.384. The van der Waals surface area contributed by atoms with Crippen LogP contribution in [0.25, 0.3) is 6.08 Å². The maximum absolute atomic E-state index is 12.4. The summed E-state index contributed by atoms with van der Waals surface area (Å²) in [5.41, 5.74) is 1.30. The van der Waals surface area contributed by atoms with Gasteiger partial charge >= 0.3 is 0 Å². The number of benzene rings is 2. The number of anilines is 1. The summed E-state index contributed by atoms with van der Waals surface area (Å²) in [5, 5.41) is 14.0. The number of nitrogens with zero attached hydrogens (tertiary/aromatic N) is 3. The fourth-order valence-corrected chi connectivity index (χ4v) is 3.24. The number of amides is 2. The van der Waals surface area contributed by atoms with Gasteiger partial charge in [-0.3, -0.25) is 24.6 Å². The van der Waals surface area contributed by atoms with Gasteiger partial charge in [0.05, 0.1) is 22.2 Å². The van der Waals surface area contributed by atoms with Gasteiger partial charge in [0.25, 0.3) is 5.69 Å². The number of hydrogen-bond acceptors (Lipinski definition) is 5. The topological polar surface area (TPSA) is 95.8 Å². The third kappa shape index (κ3) is 5.88. The molecule has 0 bridgehead atoms. The molecular formula is C21H21ClN4O4. The summed E-state index contributed by atoms with van der Waals surface area (Å²) in [6, 6.07) is 13.0. The number of nitro benzene ring substituents is 1. The van der Waals surface area contributed by atoms with Crippen molar-refractivity contribution in [1.29, 1.82) is 0 Å². The second kappa shape index (κ2) is 10.00. The van der Waals surface area contributed by atoms with Crippen molar-refractivity contribution in [3.63, 3.8) is 0 Å². The Morgan fingerprint density at radius 2 is 1.73 bits per heavy atom. The molecule has 1 N–H and O–H groups in total. The first-order valence-electron chi connectivity index (χ1n) is 9.40. The van der Waals surface area contributed by atoms with E-state index in [1.54, 1.807) is 47.4 Å². The molecule has 156 valence electrons. The summed E-state index contributed by atoms with van der Waals surface area (Å²) in [6.45, 7) is 2.44. The Morgan fingerprint density at radius 1 is 1.07 bits per heavy atom. The second-order valence-electron chi connectivity index (χ2n) is 6.81. The molecule has 1 aliphatic rings. The maximum atomic E-state index is 12.4. The van der Waals surface area contributed by atoms with Gasteiger partial charge in [-0.2, -0.15) is 0 Å². The van der Waals surface area contributed by atoms with E-state index in [0.29, 0.717) is 42.5 Å². The summed E-state index contributed by atoms with van der Waals surface area (Å²) in [6.07, 6.45) is 3.09. The van der Waals surface area contributed by atoms with E-state index >= 15 is 0 Å². The van der Waals surface area contributed by atoms with Gasteiger partial charge in [-0.25, -0.2) is 0 Å². The lowest BCUT2D eigenvalue weighted by Gasteiger charge is -2.33. The van der Waals surface area contributed by atoms with Crippen LogP contribution in [-0.2, 0) is 9.59 Å². The minimum absolute atomic E-state index is 0.00757. The summed E-state index contributed by atoms with van der Waals surface area (Å²) in [5.74, 6) is -0.283. The van der Waals surface area contributed by atoms with Crippen LogP contribution in [-0.4, -0.2) is 59.3 Å². The van der Waals surface area contributed by atoms with E-state index in [1.165, 1.54) is 18.2 Å². The summed E-state index contributed by atoms with van der Waals surface area (Å²) >= 11 is 6.05. The van der Waals surface area contributed by atoms with E-state index in [4.69, 9.17) is 11.6 Å². The number of nitrogens with one attached hydrogen (secondary N) is 1. The summed E-state index contributed by atoms with van der Waals surface area (Å²) in [7, 11) is 0. The van der Waals surface area contributed by atoms with Crippen LogP contribution < -0.4 is 5.32 Å². The molecule has 0 aromatic heterocycles. The minimum Gasteiger partial charge on any atom is -0.337 e. The molecule has 1 saturated heterocycles. The summed E-state index contributed by atoms with van der Waals surface area (Å²) < 4.78 is 0. The zero-order valence-electron chi connectivity index (χ0n) is 16.2. The zero-order chi connectivity index (χ0) is 21.5. The Kier molecular flexibility index (Phi) is 7.16. The molecule has 0 radical (unpaired) electrons. The van der Waals surface area contributed by atoms with Crippen molar-refractivity contribution < 1.29 is 14.5 Å². The molecular weight excluding hydrogens is 408 g/mol. The Bertz CT molecular complexity index is 954. The van der Waals surface area contributed by atoms with Crippen LogP contribution in [0, 0.1) is 10.1 Å². The standard InChI is InChI=1S/C21H21ClN4O4/c22-18-3-1-2-4-19(18)23-20(27)15-24-11-13-25(14-12-24)21(28)10-7-16-5-8-17(9-6-16)26(29)30/h1-10H,11-15H2,(H,23,27)/b10-7+. The quantitative estimate of drug-likeness (QED) is 0.433. The van der Waals surface area contributed by atoms with Crippen molar-refractivity contribution >= 4 is 40.9 Å². The number of carbonyl (C=O) groups is 2. The highest BCUT2D eigenvalue weighted by atomic mass is 35.5. The molecule has 8 nitrogen and oxygen atoms in total. The van der Waals surface area contributed by atoms with E-state index in [-0.39, 0.29) is 24.0 Å². The molecule has 0 saturated carbocycles. The third-order valence-corrected chi connectivity index (χ3v) is 5.05. The van der Waals surface area contributed by atoms with Gasteiger partial charge in [0, 0.05) is 44.4 Å². The molecule has 1 fully saturated rings. The van der Waals surface area contributed by atoms with Crippen molar-refractivity contribution in [1.82, 2.24) is 9.80 Å². The number of carbonyl (C=O) groups excluding carboxylic acids is 2. The number of halogens is 1. The van der Waals surface area contributed by atoms with E-state index < -0.39 is 4.92 Å². The van der Waals surface area contributed by atoms with Crippen LogP contribution in [0.1, 0.15) is 5.56 Å². The highest BCUT2D eigenvalue weighted by molar-refractivity contribution is 6.33. The van der Waals surface area contributed by atoms with Gasteiger partial charge in [0.15, 0.2) is 0 Å². The molecule has 2 amide bonds. The van der Waals surface area contributed by atoms with Gasteiger partial charge in [0.2, 0.25) is 11.8 Å². The molecule has 1 heterocycles. The molecule has 1 aliphatic heterocycles. The minimum atomic E-state index is -0.465. The molecule has 2 aromatic carbocycles. The largest absolute Gasteiger partial charge is 0.337 e. The van der Waals surface area contributed by atoms with Crippen molar-refractivity contribution in [2.45, 2.75) is 0 Å². The van der Waals surface area contributed by atoms with Crippen LogP contribution in [0.2, 0.25) is 5.02 Å². The van der Waals surface area contributed by atoms with Gasteiger partial charge < -0.3 is 10.2 Å². The molecule has 0 atom stereocenters. The second-order valence-corrected chi connectivity index (χ2v) is 7.22. The average Bonchev–Trinajstić information content (AvgIpc) is 2.74. The van der Waals surface area contributed by atoms with Crippen molar-refractivity contribution in [2.75, 3.05) is 38.0 Å². The summed E-state index contributed by atoms with van der Waals surface area (Å²) in [4.78, 5) is 38.5. The van der Waals surface area contributed by atoms with E-state index in [2.05, 4.69) is 5.32 Å². The van der Waals surface area contributed by atoms with E-state index in [0.717, 1.165) is 0 Å². The molecule has 0 aliphatic carbocycles. The lowest BCUT2D eigenvalue weighted by atomic mass is 10.2. The first-order chi connectivity index (χ1) is 14.4. The van der Waals surface area contributed by atoms with Crippen molar-refractivity contribution in [3.05, 3.63) is 75.3 Å². The molecule has 3 rings (SSSR count). The monoisotopic (exact) mass is 428 g/mol. The van der Waals surface area contributed by atoms with Crippen LogP contribution in [0.5, 0.6) is 0 Å². The molecule has 30 heavy (non-hydrogen) atoms. The highest BCUT2D eigenvalue weighted by Gasteiger charge is 2.21. The lowest BCUT2D eigenvalue weighted by Crippen LogP contribution is -2.50. The van der Waals surface area contributed by atoms with Gasteiger partial charge in [-0.1, -0.05) is 23.7 Å². The van der Waals surface area contributed by atoms with E-state index in [9.17, 15) is 19.7 Å². The first kappa shape index (κ1) is 21.5.